The average Bonchev–Trinajstić information content (AvgIpc) is 2.68. The van der Waals surface area contributed by atoms with E-state index in [2.05, 4.69) is 34.3 Å². The molecule has 17 heavy (non-hydrogen) atoms. The van der Waals surface area contributed by atoms with Crippen molar-refractivity contribution in [2.45, 2.75) is 39.7 Å². The zero-order valence-corrected chi connectivity index (χ0v) is 10.3. The first-order valence-electron chi connectivity index (χ1n) is 5.87. The molecule has 0 saturated carbocycles. The monoisotopic (exact) mass is 235 g/mol. The molecule has 0 unspecified atom stereocenters. The van der Waals surface area contributed by atoms with Crippen LogP contribution in [0.15, 0.2) is 10.9 Å². The molecule has 0 atom stereocenters. The van der Waals surface area contributed by atoms with Crippen LogP contribution in [0.2, 0.25) is 0 Å². The van der Waals surface area contributed by atoms with Crippen LogP contribution in [-0.4, -0.2) is 25.6 Å². The third-order valence-electron chi connectivity index (χ3n) is 2.91. The summed E-state index contributed by atoms with van der Waals surface area (Å²) < 4.78 is 1.46. The van der Waals surface area contributed by atoms with E-state index >= 15 is 0 Å². The minimum absolute atomic E-state index is 0.251. The highest BCUT2D eigenvalue weighted by molar-refractivity contribution is 5.50. The van der Waals surface area contributed by atoms with Gasteiger partial charge in [-0.05, 0) is 19.8 Å². The van der Waals surface area contributed by atoms with E-state index in [4.69, 9.17) is 0 Å². The van der Waals surface area contributed by atoms with Gasteiger partial charge < -0.3 is 5.32 Å². The highest BCUT2D eigenvalue weighted by Crippen LogP contribution is 2.11. The topological polar surface area (TPSA) is 75.1 Å². The molecule has 0 aliphatic carbocycles. The third-order valence-corrected chi connectivity index (χ3v) is 2.91. The lowest BCUT2D eigenvalue weighted by molar-refractivity contribution is 0.667. The maximum atomic E-state index is 11.4. The van der Waals surface area contributed by atoms with Crippen LogP contribution < -0.4 is 11.0 Å². The summed E-state index contributed by atoms with van der Waals surface area (Å²) in [5, 5.41) is 9.70. The van der Waals surface area contributed by atoms with Crippen molar-refractivity contribution in [3.63, 3.8) is 0 Å². The Bertz CT molecular complexity index is 567. The number of anilines is 1. The summed E-state index contributed by atoms with van der Waals surface area (Å²) in [6, 6.07) is 2.18. The SMILES string of the molecule is CCC(CC)Nc1cc2n[nH]c(=O)n2c(C)n1. The van der Waals surface area contributed by atoms with Gasteiger partial charge in [0.25, 0.3) is 0 Å². The van der Waals surface area contributed by atoms with Crippen LogP contribution in [0, 0.1) is 6.92 Å². The number of aryl methyl sites for hydroxylation is 1. The van der Waals surface area contributed by atoms with Crippen LogP contribution in [-0.2, 0) is 0 Å². The summed E-state index contributed by atoms with van der Waals surface area (Å²) in [7, 11) is 0. The fraction of sp³-hybridized carbons (Fsp3) is 0.545. The summed E-state index contributed by atoms with van der Waals surface area (Å²) in [5.74, 6) is 1.40. The van der Waals surface area contributed by atoms with Crippen LogP contribution in [0.4, 0.5) is 5.82 Å². The number of aromatic nitrogens is 4. The molecule has 0 radical (unpaired) electrons. The van der Waals surface area contributed by atoms with Gasteiger partial charge in [-0.2, -0.15) is 5.10 Å². The normalized spacial score (nSPS) is 11.3. The molecule has 0 spiro atoms. The van der Waals surface area contributed by atoms with Gasteiger partial charge in [0.15, 0.2) is 5.65 Å². The largest absolute Gasteiger partial charge is 0.367 e. The maximum Gasteiger partial charge on any atom is 0.349 e. The molecule has 2 N–H and O–H groups in total. The predicted molar refractivity (Wildman–Crippen MR) is 66.3 cm³/mol. The highest BCUT2D eigenvalue weighted by Gasteiger charge is 2.09. The molecular weight excluding hydrogens is 218 g/mol. The fourth-order valence-corrected chi connectivity index (χ4v) is 1.87. The first kappa shape index (κ1) is 11.6. The summed E-state index contributed by atoms with van der Waals surface area (Å²) >= 11 is 0. The number of fused-ring (bicyclic) bond motifs is 1. The van der Waals surface area contributed by atoms with E-state index in [1.165, 1.54) is 4.40 Å². The Morgan fingerprint density at radius 1 is 1.47 bits per heavy atom. The Kier molecular flexibility index (Phi) is 3.12. The lowest BCUT2D eigenvalue weighted by atomic mass is 10.2. The Hall–Kier alpha value is -1.85. The van der Waals surface area contributed by atoms with Crippen molar-refractivity contribution < 1.29 is 0 Å². The minimum Gasteiger partial charge on any atom is -0.367 e. The molecule has 0 fully saturated rings. The molecular formula is C11H17N5O. The zero-order chi connectivity index (χ0) is 12.4. The standard InChI is InChI=1S/C11H17N5O/c1-4-8(5-2)13-9-6-10-14-15-11(17)16(10)7(3)12-9/h6,8,13H,4-5H2,1-3H3,(H,15,17). The van der Waals surface area contributed by atoms with Crippen molar-refractivity contribution in [2.24, 2.45) is 0 Å². The van der Waals surface area contributed by atoms with Crippen molar-refractivity contribution >= 4 is 11.5 Å². The second kappa shape index (κ2) is 4.57. The molecule has 0 bridgehead atoms. The maximum absolute atomic E-state index is 11.4. The average molecular weight is 235 g/mol. The number of hydrogen-bond donors (Lipinski definition) is 2. The van der Waals surface area contributed by atoms with E-state index < -0.39 is 0 Å². The summed E-state index contributed by atoms with van der Waals surface area (Å²) in [6.07, 6.45) is 2.07. The Morgan fingerprint density at radius 2 is 2.18 bits per heavy atom. The first-order valence-corrected chi connectivity index (χ1v) is 5.87. The summed E-state index contributed by atoms with van der Waals surface area (Å²) in [4.78, 5) is 15.8. The van der Waals surface area contributed by atoms with Crippen molar-refractivity contribution in [2.75, 3.05) is 5.32 Å². The summed E-state index contributed by atoms with van der Waals surface area (Å²) in [6.45, 7) is 6.05. The molecule has 2 aromatic rings. The van der Waals surface area contributed by atoms with Gasteiger partial charge in [0.05, 0.1) is 0 Å². The van der Waals surface area contributed by atoms with Gasteiger partial charge in [0.2, 0.25) is 0 Å². The molecule has 0 aliphatic heterocycles. The Labute approximate surface area is 99.1 Å². The van der Waals surface area contributed by atoms with Crippen molar-refractivity contribution in [3.05, 3.63) is 22.4 Å². The third kappa shape index (κ3) is 2.15. The van der Waals surface area contributed by atoms with Gasteiger partial charge in [-0.1, -0.05) is 13.8 Å². The van der Waals surface area contributed by atoms with Crippen LogP contribution in [0.1, 0.15) is 32.5 Å². The minimum atomic E-state index is -0.251. The lowest BCUT2D eigenvalue weighted by Crippen LogP contribution is -2.19. The molecule has 2 aromatic heterocycles. The van der Waals surface area contributed by atoms with Crippen LogP contribution in [0.5, 0.6) is 0 Å². The van der Waals surface area contributed by atoms with Crippen LogP contribution in [0.25, 0.3) is 5.65 Å². The molecule has 92 valence electrons. The van der Waals surface area contributed by atoms with Crippen molar-refractivity contribution in [1.82, 2.24) is 19.6 Å². The van der Waals surface area contributed by atoms with E-state index in [9.17, 15) is 4.79 Å². The highest BCUT2D eigenvalue weighted by atomic mass is 16.1. The number of rotatable bonds is 4. The van der Waals surface area contributed by atoms with Gasteiger partial charge in [0.1, 0.15) is 11.6 Å². The second-order valence-electron chi connectivity index (χ2n) is 4.07. The van der Waals surface area contributed by atoms with E-state index in [0.29, 0.717) is 17.5 Å². The Balaban J connectivity index is 2.40. The number of H-pyrrole nitrogens is 1. The van der Waals surface area contributed by atoms with Crippen molar-refractivity contribution in [1.29, 1.82) is 0 Å². The lowest BCUT2D eigenvalue weighted by Gasteiger charge is -2.15. The molecule has 0 saturated heterocycles. The van der Waals surface area contributed by atoms with Gasteiger partial charge in [-0.3, -0.25) is 0 Å². The van der Waals surface area contributed by atoms with E-state index in [0.717, 1.165) is 18.7 Å². The molecule has 6 heteroatoms. The number of hydrogen-bond acceptors (Lipinski definition) is 4. The molecule has 2 rings (SSSR count). The zero-order valence-electron chi connectivity index (χ0n) is 10.3. The van der Waals surface area contributed by atoms with Crippen LogP contribution >= 0.6 is 0 Å². The molecule has 0 aromatic carbocycles. The van der Waals surface area contributed by atoms with Crippen LogP contribution in [0.3, 0.4) is 0 Å². The van der Waals surface area contributed by atoms with Crippen molar-refractivity contribution in [3.8, 4) is 0 Å². The quantitative estimate of drug-likeness (QED) is 0.838. The number of nitrogens with zero attached hydrogens (tertiary/aromatic N) is 3. The van der Waals surface area contributed by atoms with E-state index in [-0.39, 0.29) is 5.69 Å². The smallest absolute Gasteiger partial charge is 0.349 e. The molecule has 0 aliphatic rings. The predicted octanol–water partition coefficient (Wildman–Crippen LogP) is 1.33. The second-order valence-corrected chi connectivity index (χ2v) is 4.07. The fourth-order valence-electron chi connectivity index (χ4n) is 1.87. The van der Waals surface area contributed by atoms with Gasteiger partial charge >= 0.3 is 5.69 Å². The van der Waals surface area contributed by atoms with Gasteiger partial charge in [-0.15, -0.1) is 0 Å². The molecule has 2 heterocycles. The van der Waals surface area contributed by atoms with Gasteiger partial charge in [0, 0.05) is 12.1 Å². The van der Waals surface area contributed by atoms with E-state index in [1.807, 2.05) is 0 Å². The number of nitrogens with one attached hydrogen (secondary N) is 2. The van der Waals surface area contributed by atoms with E-state index in [1.54, 1.807) is 13.0 Å². The van der Waals surface area contributed by atoms with Gasteiger partial charge in [-0.25, -0.2) is 19.3 Å². The molecule has 0 amide bonds. The Morgan fingerprint density at radius 3 is 2.82 bits per heavy atom. The summed E-state index contributed by atoms with van der Waals surface area (Å²) in [5.41, 5.74) is 0.343. The molecule has 6 nitrogen and oxygen atoms in total. The number of aromatic amines is 1. The first-order chi connectivity index (χ1) is 8.15.